The van der Waals surface area contributed by atoms with Crippen molar-refractivity contribution in [3.8, 4) is 5.75 Å². The van der Waals surface area contributed by atoms with Crippen molar-refractivity contribution in [3.05, 3.63) is 51.4 Å². The summed E-state index contributed by atoms with van der Waals surface area (Å²) in [5.41, 5.74) is 1.48. The minimum absolute atomic E-state index is 0.0577. The summed E-state index contributed by atoms with van der Waals surface area (Å²) < 4.78 is 5.10. The number of aromatic amines is 2. The number of hydrogen-bond donors (Lipinski definition) is 2. The summed E-state index contributed by atoms with van der Waals surface area (Å²) >= 11 is 0. The van der Waals surface area contributed by atoms with Gasteiger partial charge in [-0.3, -0.25) is 19.5 Å². The predicted molar refractivity (Wildman–Crippen MR) is 95.3 cm³/mol. The summed E-state index contributed by atoms with van der Waals surface area (Å²) in [6, 6.07) is 6.98. The number of methoxy groups -OCH3 is 1. The molecular weight excluding hydrogens is 336 g/mol. The lowest BCUT2D eigenvalue weighted by Crippen LogP contribution is -2.51. The molecule has 2 aromatic rings. The van der Waals surface area contributed by atoms with Crippen molar-refractivity contribution in [1.29, 1.82) is 0 Å². The number of rotatable bonds is 4. The van der Waals surface area contributed by atoms with Crippen molar-refractivity contribution >= 4 is 11.8 Å². The largest absolute Gasteiger partial charge is 0.497 e. The van der Waals surface area contributed by atoms with Crippen molar-refractivity contribution in [2.24, 2.45) is 0 Å². The van der Waals surface area contributed by atoms with Crippen LogP contribution in [0.2, 0.25) is 0 Å². The van der Waals surface area contributed by atoms with E-state index in [-0.39, 0.29) is 23.8 Å². The van der Waals surface area contributed by atoms with Crippen LogP contribution in [-0.2, 0) is 11.2 Å². The van der Waals surface area contributed by atoms with Crippen LogP contribution in [0.25, 0.3) is 0 Å². The highest BCUT2D eigenvalue weighted by atomic mass is 16.5. The number of hydrogen-bond acceptors (Lipinski definition) is 4. The molecule has 1 aliphatic heterocycles. The molecule has 26 heavy (non-hydrogen) atoms. The molecule has 1 aliphatic rings. The fourth-order valence-corrected chi connectivity index (χ4v) is 3.02. The second-order valence-electron chi connectivity index (χ2n) is 6.26. The average Bonchev–Trinajstić information content (AvgIpc) is 2.99. The molecule has 1 saturated heterocycles. The van der Waals surface area contributed by atoms with Crippen LogP contribution in [0.3, 0.4) is 0 Å². The molecule has 0 radical (unpaired) electrons. The van der Waals surface area contributed by atoms with Gasteiger partial charge in [-0.15, -0.1) is 0 Å². The minimum atomic E-state index is -0.260. The second-order valence-corrected chi connectivity index (χ2v) is 6.26. The highest BCUT2D eigenvalue weighted by molar-refractivity contribution is 5.94. The number of nitrogens with zero attached hydrogens (tertiary/aromatic N) is 2. The van der Waals surface area contributed by atoms with E-state index in [0.29, 0.717) is 48.7 Å². The first kappa shape index (κ1) is 17.8. The van der Waals surface area contributed by atoms with Gasteiger partial charge in [0.15, 0.2) is 0 Å². The van der Waals surface area contributed by atoms with Crippen molar-refractivity contribution in [1.82, 2.24) is 20.0 Å². The molecule has 0 spiro atoms. The number of carbonyl (C=O) groups is 2. The van der Waals surface area contributed by atoms with Gasteiger partial charge in [-0.25, -0.2) is 0 Å². The number of ether oxygens (including phenoxy) is 1. The van der Waals surface area contributed by atoms with Crippen molar-refractivity contribution in [2.45, 2.75) is 13.3 Å². The molecule has 8 heteroatoms. The number of benzene rings is 1. The summed E-state index contributed by atoms with van der Waals surface area (Å²) in [7, 11) is 1.58. The molecule has 2 heterocycles. The lowest BCUT2D eigenvalue weighted by molar-refractivity contribution is -0.131. The van der Waals surface area contributed by atoms with E-state index in [2.05, 4.69) is 10.2 Å². The highest BCUT2D eigenvalue weighted by Crippen LogP contribution is 2.14. The van der Waals surface area contributed by atoms with Crippen LogP contribution in [-0.4, -0.2) is 65.1 Å². The van der Waals surface area contributed by atoms with Crippen molar-refractivity contribution < 1.29 is 14.3 Å². The zero-order chi connectivity index (χ0) is 18.7. The van der Waals surface area contributed by atoms with E-state index in [1.807, 2.05) is 0 Å². The van der Waals surface area contributed by atoms with Gasteiger partial charge in [0.05, 0.1) is 13.5 Å². The van der Waals surface area contributed by atoms with Crippen LogP contribution >= 0.6 is 0 Å². The van der Waals surface area contributed by atoms with Gasteiger partial charge >= 0.3 is 0 Å². The molecule has 8 nitrogen and oxygen atoms in total. The zero-order valence-corrected chi connectivity index (χ0v) is 14.9. The number of aromatic nitrogens is 2. The maximum atomic E-state index is 12.6. The third-order valence-corrected chi connectivity index (χ3v) is 4.67. The molecular formula is C18H22N4O4. The van der Waals surface area contributed by atoms with Gasteiger partial charge < -0.3 is 19.6 Å². The third-order valence-electron chi connectivity index (χ3n) is 4.67. The normalized spacial score (nSPS) is 14.4. The first-order valence-electron chi connectivity index (χ1n) is 8.47. The van der Waals surface area contributed by atoms with Crippen molar-refractivity contribution in [3.63, 3.8) is 0 Å². The predicted octanol–water partition coefficient (Wildman–Crippen LogP) is 0.547. The van der Waals surface area contributed by atoms with Crippen LogP contribution in [0.15, 0.2) is 29.1 Å². The first-order valence-corrected chi connectivity index (χ1v) is 8.47. The van der Waals surface area contributed by atoms with E-state index in [1.54, 1.807) is 48.1 Å². The molecule has 0 bridgehead atoms. The Labute approximate surface area is 150 Å². The number of amides is 2. The first-order chi connectivity index (χ1) is 12.5. The Kier molecular flexibility index (Phi) is 5.11. The van der Waals surface area contributed by atoms with Crippen LogP contribution in [0.5, 0.6) is 5.75 Å². The summed E-state index contributed by atoms with van der Waals surface area (Å²) in [5.74, 6) is 0.541. The highest BCUT2D eigenvalue weighted by Gasteiger charge is 2.25. The Morgan fingerprint density at radius 1 is 1.04 bits per heavy atom. The number of aryl methyl sites for hydroxylation is 1. The number of carbonyl (C=O) groups excluding carboxylic acids is 2. The maximum Gasteiger partial charge on any atom is 0.267 e. The molecule has 0 unspecified atom stereocenters. The molecule has 3 rings (SSSR count). The minimum Gasteiger partial charge on any atom is -0.497 e. The zero-order valence-electron chi connectivity index (χ0n) is 14.9. The van der Waals surface area contributed by atoms with Gasteiger partial charge in [0.25, 0.3) is 11.5 Å². The van der Waals surface area contributed by atoms with Gasteiger partial charge in [-0.2, -0.15) is 0 Å². The average molecular weight is 358 g/mol. The Hall–Kier alpha value is -3.03. The Morgan fingerprint density at radius 2 is 1.65 bits per heavy atom. The quantitative estimate of drug-likeness (QED) is 0.834. The number of nitrogens with one attached hydrogen (secondary N) is 2. The van der Waals surface area contributed by atoms with Crippen LogP contribution in [0, 0.1) is 6.92 Å². The van der Waals surface area contributed by atoms with Crippen LogP contribution in [0.1, 0.15) is 21.6 Å². The smallest absolute Gasteiger partial charge is 0.267 e. The fraction of sp³-hybridized carbons (Fsp3) is 0.389. The van der Waals surface area contributed by atoms with E-state index in [0.717, 1.165) is 0 Å². The van der Waals surface area contributed by atoms with Crippen molar-refractivity contribution in [2.75, 3.05) is 33.3 Å². The van der Waals surface area contributed by atoms with E-state index in [1.165, 1.54) is 0 Å². The molecule has 1 fully saturated rings. The SMILES string of the molecule is COc1ccc(C(=O)N2CCN(C(=O)Cc3c(C)[nH][nH]c3=O)CC2)cc1. The van der Waals surface area contributed by atoms with E-state index < -0.39 is 0 Å². The van der Waals surface area contributed by atoms with Gasteiger partial charge in [0, 0.05) is 43.0 Å². The lowest BCUT2D eigenvalue weighted by atomic mass is 10.1. The topological polar surface area (TPSA) is 98.5 Å². The lowest BCUT2D eigenvalue weighted by Gasteiger charge is -2.34. The van der Waals surface area contributed by atoms with E-state index >= 15 is 0 Å². The summed E-state index contributed by atoms with van der Waals surface area (Å²) in [5, 5.41) is 5.20. The molecule has 0 saturated carbocycles. The summed E-state index contributed by atoms with van der Waals surface area (Å²) in [6.45, 7) is 3.62. The second kappa shape index (κ2) is 7.47. The standard InChI is InChI=1S/C18H22N4O4/c1-12-15(17(24)20-19-12)11-16(23)21-7-9-22(10-8-21)18(25)13-3-5-14(26-2)6-4-13/h3-6H,7-11H2,1-2H3,(H2,19,20,24). The molecule has 0 atom stereocenters. The Morgan fingerprint density at radius 3 is 2.19 bits per heavy atom. The van der Waals surface area contributed by atoms with Crippen LogP contribution in [0.4, 0.5) is 0 Å². The molecule has 1 aromatic heterocycles. The number of piperazine rings is 1. The fourth-order valence-electron chi connectivity index (χ4n) is 3.02. The monoisotopic (exact) mass is 358 g/mol. The number of H-pyrrole nitrogens is 2. The Bertz CT molecular complexity index is 845. The third kappa shape index (κ3) is 3.63. The van der Waals surface area contributed by atoms with Crippen LogP contribution < -0.4 is 10.3 Å². The summed E-state index contributed by atoms with van der Waals surface area (Å²) in [4.78, 5) is 40.1. The van der Waals surface area contributed by atoms with Gasteiger partial charge in [0.2, 0.25) is 5.91 Å². The maximum absolute atomic E-state index is 12.6. The molecule has 2 N–H and O–H groups in total. The molecule has 2 amide bonds. The van der Waals surface area contributed by atoms with E-state index in [4.69, 9.17) is 4.74 Å². The van der Waals surface area contributed by atoms with Gasteiger partial charge in [0.1, 0.15) is 5.75 Å². The Balaban J connectivity index is 1.57. The molecule has 1 aromatic carbocycles. The molecule has 0 aliphatic carbocycles. The van der Waals surface area contributed by atoms with E-state index in [9.17, 15) is 14.4 Å². The van der Waals surface area contributed by atoms with Gasteiger partial charge in [-0.05, 0) is 31.2 Å². The molecule has 138 valence electrons. The summed E-state index contributed by atoms with van der Waals surface area (Å²) in [6.07, 6.45) is 0.0666. The van der Waals surface area contributed by atoms with Gasteiger partial charge in [-0.1, -0.05) is 0 Å².